The number of hydrogen-bond donors (Lipinski definition) is 3. The summed E-state index contributed by atoms with van der Waals surface area (Å²) in [6.45, 7) is 3.95. The Morgan fingerprint density at radius 3 is 2.42 bits per heavy atom. The van der Waals surface area contributed by atoms with Crippen LogP contribution in [0.1, 0.15) is 33.1 Å². The molecule has 3 N–H and O–H groups in total. The second-order valence-corrected chi connectivity index (χ2v) is 5.25. The third-order valence-corrected chi connectivity index (χ3v) is 3.59. The number of imide groups is 1. The Kier molecular flexibility index (Phi) is 4.88. The molecule has 0 spiro atoms. The number of rotatable bonds is 5. The van der Waals surface area contributed by atoms with Crippen LogP contribution in [0.4, 0.5) is 4.79 Å². The zero-order valence-electron chi connectivity index (χ0n) is 11.4. The van der Waals surface area contributed by atoms with Crippen LogP contribution in [0.2, 0.25) is 0 Å². The molecule has 0 saturated heterocycles. The van der Waals surface area contributed by atoms with Crippen LogP contribution >= 0.6 is 0 Å². The zero-order chi connectivity index (χ0) is 14.6. The Morgan fingerprint density at radius 2 is 1.95 bits per heavy atom. The first kappa shape index (κ1) is 15.4. The fourth-order valence-corrected chi connectivity index (χ4v) is 2.13. The average molecular weight is 272 g/mol. The number of ether oxygens (including phenoxy) is 1. The van der Waals surface area contributed by atoms with E-state index in [9.17, 15) is 14.4 Å². The molecule has 2 unspecified atom stereocenters. The lowest BCUT2D eigenvalue weighted by molar-refractivity contribution is -0.138. The van der Waals surface area contributed by atoms with Crippen molar-refractivity contribution in [2.24, 2.45) is 5.41 Å². The van der Waals surface area contributed by atoms with Gasteiger partial charge in [0.05, 0.1) is 12.5 Å². The highest BCUT2D eigenvalue weighted by Crippen LogP contribution is 2.42. The van der Waals surface area contributed by atoms with E-state index >= 15 is 0 Å². The van der Waals surface area contributed by atoms with Crippen molar-refractivity contribution in [3.05, 3.63) is 0 Å². The summed E-state index contributed by atoms with van der Waals surface area (Å²) in [5, 5.41) is 13.2. The van der Waals surface area contributed by atoms with E-state index in [1.165, 1.54) is 0 Å². The van der Waals surface area contributed by atoms with Crippen LogP contribution in [-0.4, -0.2) is 42.3 Å². The van der Waals surface area contributed by atoms with Gasteiger partial charge in [0.25, 0.3) is 0 Å². The molecule has 2 atom stereocenters. The van der Waals surface area contributed by atoms with Crippen molar-refractivity contribution in [3.8, 4) is 0 Å². The first-order valence-corrected chi connectivity index (χ1v) is 6.12. The number of amides is 3. The Balaban J connectivity index is 2.33. The Bertz CT molecular complexity index is 380. The summed E-state index contributed by atoms with van der Waals surface area (Å²) in [6, 6.07) is -0.659. The maximum atomic E-state index is 11.6. The number of carbonyl (C=O) groups is 3. The maximum Gasteiger partial charge on any atom is 0.321 e. The van der Waals surface area contributed by atoms with Crippen LogP contribution in [0.25, 0.3) is 0 Å². The van der Waals surface area contributed by atoms with Crippen molar-refractivity contribution in [1.29, 1.82) is 0 Å². The monoisotopic (exact) mass is 272 g/mol. The highest BCUT2D eigenvalue weighted by Gasteiger charge is 2.49. The van der Waals surface area contributed by atoms with E-state index in [4.69, 9.17) is 9.84 Å². The van der Waals surface area contributed by atoms with Gasteiger partial charge < -0.3 is 15.2 Å². The Morgan fingerprint density at radius 1 is 1.32 bits per heavy atom. The van der Waals surface area contributed by atoms with Crippen LogP contribution in [0, 0.1) is 5.41 Å². The van der Waals surface area contributed by atoms with E-state index < -0.39 is 17.9 Å². The minimum absolute atomic E-state index is 0.0651. The van der Waals surface area contributed by atoms with Gasteiger partial charge in [-0.1, -0.05) is 13.8 Å². The van der Waals surface area contributed by atoms with E-state index in [-0.39, 0.29) is 30.4 Å². The van der Waals surface area contributed by atoms with Crippen LogP contribution in [-0.2, 0) is 14.3 Å². The van der Waals surface area contributed by atoms with E-state index in [2.05, 4.69) is 10.6 Å². The number of hydrogen-bond acceptors (Lipinski definition) is 4. The van der Waals surface area contributed by atoms with Gasteiger partial charge in [-0.2, -0.15) is 0 Å². The molecule has 0 radical (unpaired) electrons. The zero-order valence-corrected chi connectivity index (χ0v) is 11.4. The van der Waals surface area contributed by atoms with Crippen molar-refractivity contribution in [2.45, 2.75) is 45.3 Å². The van der Waals surface area contributed by atoms with Gasteiger partial charge in [-0.15, -0.1) is 0 Å². The van der Waals surface area contributed by atoms with Crippen molar-refractivity contribution >= 4 is 17.9 Å². The lowest BCUT2D eigenvalue weighted by Gasteiger charge is -2.51. The number of urea groups is 1. The van der Waals surface area contributed by atoms with Crippen LogP contribution in [0.15, 0.2) is 0 Å². The normalized spacial score (nSPS) is 24.2. The van der Waals surface area contributed by atoms with Crippen molar-refractivity contribution in [3.63, 3.8) is 0 Å². The van der Waals surface area contributed by atoms with E-state index in [1.807, 2.05) is 13.8 Å². The van der Waals surface area contributed by atoms with Crippen molar-refractivity contribution in [2.75, 3.05) is 7.11 Å². The molecular weight excluding hydrogens is 252 g/mol. The molecule has 1 rings (SSSR count). The lowest BCUT2D eigenvalue weighted by Crippen LogP contribution is -2.63. The molecular formula is C12H20N2O5. The van der Waals surface area contributed by atoms with Gasteiger partial charge in [-0.05, 0) is 6.42 Å². The molecule has 1 fully saturated rings. The molecule has 0 aromatic heterocycles. The fourth-order valence-electron chi connectivity index (χ4n) is 2.13. The summed E-state index contributed by atoms with van der Waals surface area (Å²) >= 11 is 0. The molecule has 7 nitrogen and oxygen atoms in total. The van der Waals surface area contributed by atoms with Gasteiger partial charge in [-0.3, -0.25) is 14.9 Å². The summed E-state index contributed by atoms with van der Waals surface area (Å²) < 4.78 is 5.26. The van der Waals surface area contributed by atoms with E-state index in [0.29, 0.717) is 6.42 Å². The van der Waals surface area contributed by atoms with Gasteiger partial charge in [-0.25, -0.2) is 4.79 Å². The molecule has 0 bridgehead atoms. The molecule has 7 heteroatoms. The number of aliphatic carboxylic acids is 1. The predicted octanol–water partition coefficient (Wildman–Crippen LogP) is 0.490. The first-order valence-electron chi connectivity index (χ1n) is 6.12. The molecule has 3 amide bonds. The van der Waals surface area contributed by atoms with E-state index in [1.54, 1.807) is 7.11 Å². The van der Waals surface area contributed by atoms with Crippen LogP contribution in [0.5, 0.6) is 0 Å². The minimum Gasteiger partial charge on any atom is -0.481 e. The first-order chi connectivity index (χ1) is 8.77. The Hall–Kier alpha value is -1.63. The smallest absolute Gasteiger partial charge is 0.321 e. The average Bonchev–Trinajstić information content (AvgIpc) is 2.31. The molecule has 108 valence electrons. The summed E-state index contributed by atoms with van der Waals surface area (Å²) in [5.41, 5.74) is -0.184. The SMILES string of the molecule is COC1CC(NC(=O)NC(=O)CCC(=O)O)C1(C)C. The lowest BCUT2D eigenvalue weighted by atomic mass is 9.64. The predicted molar refractivity (Wildman–Crippen MR) is 66.5 cm³/mol. The Labute approximate surface area is 111 Å². The molecule has 0 aliphatic heterocycles. The van der Waals surface area contributed by atoms with Crippen LogP contribution < -0.4 is 10.6 Å². The minimum atomic E-state index is -1.07. The number of carbonyl (C=O) groups excluding carboxylic acids is 2. The molecule has 0 aromatic carbocycles. The fraction of sp³-hybridized carbons (Fsp3) is 0.750. The summed E-state index contributed by atoms with van der Waals surface area (Å²) in [7, 11) is 1.62. The molecule has 19 heavy (non-hydrogen) atoms. The number of carboxylic acid groups (broad SMARTS) is 1. The highest BCUT2D eigenvalue weighted by molar-refractivity contribution is 5.95. The summed E-state index contributed by atoms with van der Waals surface area (Å²) in [5.74, 6) is -1.67. The molecule has 1 aliphatic carbocycles. The van der Waals surface area contributed by atoms with Gasteiger partial charge in [0.15, 0.2) is 0 Å². The molecule has 0 heterocycles. The highest BCUT2D eigenvalue weighted by atomic mass is 16.5. The second-order valence-electron chi connectivity index (χ2n) is 5.25. The van der Waals surface area contributed by atoms with Crippen molar-refractivity contribution in [1.82, 2.24) is 10.6 Å². The topological polar surface area (TPSA) is 105 Å². The molecule has 0 aromatic rings. The van der Waals surface area contributed by atoms with Crippen LogP contribution in [0.3, 0.4) is 0 Å². The third kappa shape index (κ3) is 3.92. The second kappa shape index (κ2) is 6.01. The number of methoxy groups -OCH3 is 1. The van der Waals surface area contributed by atoms with E-state index in [0.717, 1.165) is 0 Å². The largest absolute Gasteiger partial charge is 0.481 e. The van der Waals surface area contributed by atoms with Gasteiger partial charge in [0.1, 0.15) is 0 Å². The summed E-state index contributed by atoms with van der Waals surface area (Å²) in [4.78, 5) is 33.1. The third-order valence-electron chi connectivity index (χ3n) is 3.59. The number of nitrogens with one attached hydrogen (secondary N) is 2. The molecule has 1 saturated carbocycles. The quantitative estimate of drug-likeness (QED) is 0.675. The maximum absolute atomic E-state index is 11.6. The summed E-state index contributed by atoms with van der Waals surface area (Å²) in [6.07, 6.45) is 0.276. The van der Waals surface area contributed by atoms with Gasteiger partial charge >= 0.3 is 12.0 Å². The number of carboxylic acids is 1. The standard InChI is InChI=1S/C12H20N2O5/c1-12(2)7(6-8(12)19-3)13-11(18)14-9(15)4-5-10(16)17/h7-8H,4-6H2,1-3H3,(H,16,17)(H2,13,14,15,18). The van der Waals surface area contributed by atoms with Crippen molar-refractivity contribution < 1.29 is 24.2 Å². The van der Waals surface area contributed by atoms with Gasteiger partial charge in [0.2, 0.25) is 5.91 Å². The molecule has 1 aliphatic rings. The van der Waals surface area contributed by atoms with Gasteiger partial charge in [0, 0.05) is 25.0 Å².